The number of aryl methyl sites for hydroxylation is 1. The summed E-state index contributed by atoms with van der Waals surface area (Å²) in [7, 11) is 0. The number of nitrogens with two attached hydrogens (primary N) is 1. The van der Waals surface area contributed by atoms with Crippen LogP contribution in [-0.4, -0.2) is 25.2 Å². The molecule has 0 bridgehead atoms. The van der Waals surface area contributed by atoms with Crippen LogP contribution in [0.25, 0.3) is 0 Å². The van der Waals surface area contributed by atoms with Crippen LogP contribution in [0.15, 0.2) is 24.3 Å². The number of nitrogens with one attached hydrogen (secondary N) is 1. The van der Waals surface area contributed by atoms with E-state index < -0.39 is 6.04 Å². The van der Waals surface area contributed by atoms with Crippen molar-refractivity contribution in [1.29, 1.82) is 0 Å². The Hall–Kier alpha value is -1.10. The van der Waals surface area contributed by atoms with Gasteiger partial charge >= 0.3 is 0 Å². The van der Waals surface area contributed by atoms with Crippen molar-refractivity contribution in [3.8, 4) is 0 Å². The molecule has 1 atom stereocenters. The van der Waals surface area contributed by atoms with E-state index in [2.05, 4.69) is 5.32 Å². The van der Waals surface area contributed by atoms with Gasteiger partial charge in [-0.05, 0) is 31.7 Å². The Labute approximate surface area is 139 Å². The van der Waals surface area contributed by atoms with E-state index in [0.29, 0.717) is 19.3 Å². The number of benzene rings is 1. The van der Waals surface area contributed by atoms with Gasteiger partial charge in [-0.2, -0.15) is 0 Å². The number of halogens is 1. The Morgan fingerprint density at radius 1 is 1.32 bits per heavy atom. The van der Waals surface area contributed by atoms with Crippen LogP contribution in [0.2, 0.25) is 0 Å². The summed E-state index contributed by atoms with van der Waals surface area (Å²) in [5, 5.41) is 2.88. The number of carbonyl (C=O) groups is 1. The summed E-state index contributed by atoms with van der Waals surface area (Å²) in [4.78, 5) is 12.0. The largest absolute Gasteiger partial charge is 0.378 e. The van der Waals surface area contributed by atoms with E-state index >= 15 is 0 Å². The first-order valence-corrected chi connectivity index (χ1v) is 7.88. The molecule has 1 aliphatic carbocycles. The molecule has 1 aliphatic rings. The molecule has 1 saturated carbocycles. The minimum atomic E-state index is -0.596. The minimum Gasteiger partial charge on any atom is -0.378 e. The fourth-order valence-corrected chi connectivity index (χ4v) is 2.62. The molecule has 1 aromatic carbocycles. The van der Waals surface area contributed by atoms with Crippen LogP contribution >= 0.6 is 12.4 Å². The van der Waals surface area contributed by atoms with Crippen molar-refractivity contribution < 1.29 is 9.53 Å². The number of rotatable bonds is 7. The number of amides is 1. The predicted molar refractivity (Wildman–Crippen MR) is 91.2 cm³/mol. The third kappa shape index (κ3) is 5.95. The number of hydrogen-bond acceptors (Lipinski definition) is 3. The van der Waals surface area contributed by atoms with E-state index in [9.17, 15) is 4.79 Å². The molecule has 0 radical (unpaired) electrons. The summed E-state index contributed by atoms with van der Waals surface area (Å²) in [6.45, 7) is 3.34. The average molecular weight is 327 g/mol. The molecule has 4 nitrogen and oxygen atoms in total. The molecule has 22 heavy (non-hydrogen) atoms. The second-order valence-corrected chi connectivity index (χ2v) is 5.81. The normalized spacial score (nSPS) is 16.1. The molecule has 0 saturated heterocycles. The van der Waals surface area contributed by atoms with Gasteiger partial charge < -0.3 is 15.8 Å². The molecule has 3 N–H and O–H groups in total. The summed E-state index contributed by atoms with van der Waals surface area (Å²) in [6.07, 6.45) is 6.22. The topological polar surface area (TPSA) is 64.4 Å². The third-order valence-electron chi connectivity index (χ3n) is 4.00. The number of ether oxygens (including phenoxy) is 1. The molecule has 0 aromatic heterocycles. The van der Waals surface area contributed by atoms with E-state index in [4.69, 9.17) is 10.5 Å². The van der Waals surface area contributed by atoms with Crippen molar-refractivity contribution in [2.45, 2.75) is 51.2 Å². The summed E-state index contributed by atoms with van der Waals surface area (Å²) in [5.74, 6) is -0.125. The van der Waals surface area contributed by atoms with Crippen molar-refractivity contribution in [3.05, 3.63) is 35.4 Å². The summed E-state index contributed by atoms with van der Waals surface area (Å²) >= 11 is 0. The molecule has 0 heterocycles. The smallest absolute Gasteiger partial charge is 0.241 e. The Balaban J connectivity index is 0.00000242. The van der Waals surface area contributed by atoms with E-state index in [1.807, 2.05) is 31.2 Å². The zero-order valence-electron chi connectivity index (χ0n) is 13.2. The highest BCUT2D eigenvalue weighted by Gasteiger charge is 2.16. The molecule has 0 aliphatic heterocycles. The zero-order chi connectivity index (χ0) is 15.1. The van der Waals surface area contributed by atoms with Crippen LogP contribution in [0.5, 0.6) is 0 Å². The highest BCUT2D eigenvalue weighted by molar-refractivity contribution is 5.85. The van der Waals surface area contributed by atoms with Gasteiger partial charge in [0.15, 0.2) is 0 Å². The first kappa shape index (κ1) is 18.9. The second kappa shape index (κ2) is 9.82. The maximum Gasteiger partial charge on any atom is 0.241 e. The highest BCUT2D eigenvalue weighted by Crippen LogP contribution is 2.20. The van der Waals surface area contributed by atoms with Crippen LogP contribution in [0.1, 0.15) is 49.3 Å². The fraction of sp³-hybridized carbons (Fsp3) is 0.588. The van der Waals surface area contributed by atoms with Gasteiger partial charge in [0.2, 0.25) is 5.91 Å². The summed E-state index contributed by atoms with van der Waals surface area (Å²) < 4.78 is 5.76. The van der Waals surface area contributed by atoms with Crippen molar-refractivity contribution in [2.75, 3.05) is 13.2 Å². The van der Waals surface area contributed by atoms with Crippen molar-refractivity contribution in [2.24, 2.45) is 5.73 Å². The Bertz CT molecular complexity index is 444. The lowest BCUT2D eigenvalue weighted by Crippen LogP contribution is -2.35. The van der Waals surface area contributed by atoms with Crippen LogP contribution in [0, 0.1) is 6.92 Å². The SMILES string of the molecule is Cc1ccc(C(N)C(=O)NCCCOC2CCCC2)cc1.Cl. The maximum absolute atomic E-state index is 12.0. The molecule has 2 rings (SSSR count). The monoisotopic (exact) mass is 326 g/mol. The molecule has 5 heteroatoms. The van der Waals surface area contributed by atoms with Gasteiger partial charge in [0, 0.05) is 13.2 Å². The Morgan fingerprint density at radius 3 is 2.59 bits per heavy atom. The van der Waals surface area contributed by atoms with Crippen LogP contribution < -0.4 is 11.1 Å². The van der Waals surface area contributed by atoms with Crippen LogP contribution in [-0.2, 0) is 9.53 Å². The fourth-order valence-electron chi connectivity index (χ4n) is 2.62. The molecule has 0 spiro atoms. The van der Waals surface area contributed by atoms with Gasteiger partial charge in [0.05, 0.1) is 6.10 Å². The lowest BCUT2D eigenvalue weighted by atomic mass is 10.1. The van der Waals surface area contributed by atoms with E-state index in [0.717, 1.165) is 17.5 Å². The maximum atomic E-state index is 12.0. The summed E-state index contributed by atoms with van der Waals surface area (Å²) in [6, 6.07) is 7.16. The molecule has 1 aromatic rings. The van der Waals surface area contributed by atoms with Gasteiger partial charge in [0.25, 0.3) is 0 Å². The number of hydrogen-bond donors (Lipinski definition) is 2. The van der Waals surface area contributed by atoms with E-state index in [-0.39, 0.29) is 18.3 Å². The predicted octanol–water partition coefficient (Wildman–Crippen LogP) is 2.88. The van der Waals surface area contributed by atoms with Crippen LogP contribution in [0.3, 0.4) is 0 Å². The Kier molecular flexibility index (Phi) is 8.46. The first-order valence-electron chi connectivity index (χ1n) is 7.88. The van der Waals surface area contributed by atoms with E-state index in [1.165, 1.54) is 25.7 Å². The average Bonchev–Trinajstić information content (AvgIpc) is 3.00. The van der Waals surface area contributed by atoms with Crippen molar-refractivity contribution in [3.63, 3.8) is 0 Å². The van der Waals surface area contributed by atoms with Gasteiger partial charge in [-0.15, -0.1) is 12.4 Å². The van der Waals surface area contributed by atoms with Gasteiger partial charge in [-0.25, -0.2) is 0 Å². The standard InChI is InChI=1S/C17H26N2O2.ClH/c1-13-7-9-14(10-8-13)16(18)17(20)19-11-4-12-21-15-5-2-3-6-15;/h7-10,15-16H,2-6,11-12,18H2,1H3,(H,19,20);1H. The van der Waals surface area contributed by atoms with Gasteiger partial charge in [-0.1, -0.05) is 42.7 Å². The highest BCUT2D eigenvalue weighted by atomic mass is 35.5. The van der Waals surface area contributed by atoms with Gasteiger partial charge in [0.1, 0.15) is 6.04 Å². The zero-order valence-corrected chi connectivity index (χ0v) is 14.0. The Morgan fingerprint density at radius 2 is 1.95 bits per heavy atom. The van der Waals surface area contributed by atoms with Crippen LogP contribution in [0.4, 0.5) is 0 Å². The quantitative estimate of drug-likeness (QED) is 0.757. The second-order valence-electron chi connectivity index (χ2n) is 5.81. The lowest BCUT2D eigenvalue weighted by Gasteiger charge is -2.14. The first-order chi connectivity index (χ1) is 10.2. The molecule has 1 amide bonds. The molecule has 1 fully saturated rings. The minimum absolute atomic E-state index is 0. The van der Waals surface area contributed by atoms with Crippen molar-refractivity contribution >= 4 is 18.3 Å². The number of carbonyl (C=O) groups excluding carboxylic acids is 1. The lowest BCUT2D eigenvalue weighted by molar-refractivity contribution is -0.122. The van der Waals surface area contributed by atoms with Gasteiger partial charge in [-0.3, -0.25) is 4.79 Å². The third-order valence-corrected chi connectivity index (χ3v) is 4.00. The molecular formula is C17H27ClN2O2. The molecule has 124 valence electrons. The summed E-state index contributed by atoms with van der Waals surface area (Å²) in [5.41, 5.74) is 7.97. The molecular weight excluding hydrogens is 300 g/mol. The van der Waals surface area contributed by atoms with Crippen molar-refractivity contribution in [1.82, 2.24) is 5.32 Å². The van der Waals surface area contributed by atoms with E-state index in [1.54, 1.807) is 0 Å². The molecule has 1 unspecified atom stereocenters.